The van der Waals surface area contributed by atoms with Crippen LogP contribution in [0.3, 0.4) is 0 Å². The molecule has 2 unspecified atom stereocenters. The van der Waals surface area contributed by atoms with Crippen LogP contribution in [0, 0.1) is 5.92 Å². The van der Waals surface area contributed by atoms with Crippen molar-refractivity contribution in [3.05, 3.63) is 28.7 Å². The molecule has 2 atom stereocenters. The fourth-order valence-electron chi connectivity index (χ4n) is 1.66. The lowest BCUT2D eigenvalue weighted by molar-refractivity contribution is -0.129. The molecule has 4 nitrogen and oxygen atoms in total. The smallest absolute Gasteiger partial charge is 0.261 e. The van der Waals surface area contributed by atoms with Gasteiger partial charge in [0, 0.05) is 11.0 Å². The van der Waals surface area contributed by atoms with E-state index < -0.39 is 12.2 Å². The molecule has 1 aromatic rings. The summed E-state index contributed by atoms with van der Waals surface area (Å²) in [6.45, 7) is 6.03. The summed E-state index contributed by atoms with van der Waals surface area (Å²) >= 11 is 3.36. The molecule has 1 aromatic carbocycles. The molecule has 0 saturated heterocycles. The van der Waals surface area contributed by atoms with Gasteiger partial charge in [0.05, 0.1) is 6.10 Å². The Morgan fingerprint density at radius 2 is 1.90 bits per heavy atom. The number of aliphatic hydroxyl groups excluding tert-OH is 1. The first kappa shape index (κ1) is 17.0. The van der Waals surface area contributed by atoms with E-state index in [1.807, 2.05) is 38.1 Å². The Morgan fingerprint density at radius 3 is 2.40 bits per heavy atom. The van der Waals surface area contributed by atoms with Crippen molar-refractivity contribution >= 4 is 21.8 Å². The molecule has 0 fully saturated rings. The summed E-state index contributed by atoms with van der Waals surface area (Å²) < 4.78 is 6.72. The zero-order chi connectivity index (χ0) is 15.1. The molecule has 112 valence electrons. The highest BCUT2D eigenvalue weighted by Gasteiger charge is 2.23. The van der Waals surface area contributed by atoms with Gasteiger partial charge in [-0.2, -0.15) is 0 Å². The monoisotopic (exact) mass is 343 g/mol. The van der Waals surface area contributed by atoms with Gasteiger partial charge in [0.25, 0.3) is 5.91 Å². The van der Waals surface area contributed by atoms with Crippen molar-refractivity contribution in [2.24, 2.45) is 5.92 Å². The third-order valence-electron chi connectivity index (χ3n) is 2.80. The fourth-order valence-corrected chi connectivity index (χ4v) is 1.92. The number of carbonyl (C=O) groups excluding carboxylic acids is 1. The normalized spacial score (nSPS) is 13.9. The topological polar surface area (TPSA) is 58.6 Å². The van der Waals surface area contributed by atoms with E-state index >= 15 is 0 Å². The summed E-state index contributed by atoms with van der Waals surface area (Å²) in [5.41, 5.74) is 0. The number of nitrogens with one attached hydrogen (secondary N) is 1. The van der Waals surface area contributed by atoms with Crippen LogP contribution in [0.4, 0.5) is 0 Å². The molecule has 0 bridgehead atoms. The second-order valence-corrected chi connectivity index (χ2v) is 6.08. The van der Waals surface area contributed by atoms with Crippen LogP contribution in [0.25, 0.3) is 0 Å². The summed E-state index contributed by atoms with van der Waals surface area (Å²) in [5, 5.41) is 12.0. The molecule has 0 radical (unpaired) electrons. The highest BCUT2D eigenvalue weighted by Crippen LogP contribution is 2.19. The van der Waals surface area contributed by atoms with E-state index in [4.69, 9.17) is 4.74 Å². The third-order valence-corrected chi connectivity index (χ3v) is 3.33. The summed E-state index contributed by atoms with van der Waals surface area (Å²) in [5.74, 6) is 0.575. The van der Waals surface area contributed by atoms with Gasteiger partial charge in [-0.05, 0) is 43.5 Å². The Hall–Kier alpha value is -1.07. The summed E-state index contributed by atoms with van der Waals surface area (Å²) in [4.78, 5) is 12.1. The highest BCUT2D eigenvalue weighted by molar-refractivity contribution is 9.10. The molecule has 0 aliphatic carbocycles. The Morgan fingerprint density at radius 1 is 1.30 bits per heavy atom. The molecule has 0 heterocycles. The molecule has 0 aromatic heterocycles. The van der Waals surface area contributed by atoms with Crippen molar-refractivity contribution in [2.75, 3.05) is 6.54 Å². The number of rotatable bonds is 7. The largest absolute Gasteiger partial charge is 0.480 e. The molecule has 0 aliphatic heterocycles. The number of halogens is 1. The van der Waals surface area contributed by atoms with E-state index in [2.05, 4.69) is 21.2 Å². The first-order valence-corrected chi connectivity index (χ1v) is 7.57. The third kappa shape index (κ3) is 5.92. The van der Waals surface area contributed by atoms with E-state index in [1.165, 1.54) is 0 Å². The quantitative estimate of drug-likeness (QED) is 0.800. The van der Waals surface area contributed by atoms with Crippen LogP contribution in [-0.4, -0.2) is 29.8 Å². The van der Waals surface area contributed by atoms with Crippen LogP contribution < -0.4 is 10.1 Å². The average molecular weight is 344 g/mol. The van der Waals surface area contributed by atoms with E-state index in [0.29, 0.717) is 18.7 Å². The van der Waals surface area contributed by atoms with Crippen LogP contribution in [0.2, 0.25) is 0 Å². The molecule has 20 heavy (non-hydrogen) atoms. The minimum atomic E-state index is -0.537. The SMILES string of the molecule is CC(O)CCNC(=O)C(Oc1ccc(Br)cc1)C(C)C. The van der Waals surface area contributed by atoms with Gasteiger partial charge in [0.1, 0.15) is 5.75 Å². The van der Waals surface area contributed by atoms with E-state index in [0.717, 1.165) is 4.47 Å². The van der Waals surface area contributed by atoms with E-state index in [-0.39, 0.29) is 11.8 Å². The van der Waals surface area contributed by atoms with Crippen molar-refractivity contribution in [1.82, 2.24) is 5.32 Å². The number of ether oxygens (including phenoxy) is 1. The van der Waals surface area contributed by atoms with Crippen molar-refractivity contribution < 1.29 is 14.6 Å². The standard InChI is InChI=1S/C15H22BrNO3/c1-10(2)14(15(19)17-9-8-11(3)18)20-13-6-4-12(16)5-7-13/h4-7,10-11,14,18H,8-9H2,1-3H3,(H,17,19). The number of hydrogen-bond acceptors (Lipinski definition) is 3. The van der Waals surface area contributed by atoms with Gasteiger partial charge in [-0.1, -0.05) is 29.8 Å². The molecule has 2 N–H and O–H groups in total. The zero-order valence-corrected chi connectivity index (χ0v) is 13.7. The molecule has 1 rings (SSSR count). The second kappa shape index (κ2) is 8.27. The highest BCUT2D eigenvalue weighted by atomic mass is 79.9. The van der Waals surface area contributed by atoms with E-state index in [9.17, 15) is 9.90 Å². The number of benzene rings is 1. The Bertz CT molecular complexity index is 418. The molecule has 0 spiro atoms. The van der Waals surface area contributed by atoms with Crippen LogP contribution in [0.15, 0.2) is 28.7 Å². The second-order valence-electron chi connectivity index (χ2n) is 5.17. The summed E-state index contributed by atoms with van der Waals surface area (Å²) in [7, 11) is 0. The van der Waals surface area contributed by atoms with E-state index in [1.54, 1.807) is 6.92 Å². The Kier molecular flexibility index (Phi) is 7.02. The maximum Gasteiger partial charge on any atom is 0.261 e. The number of aliphatic hydroxyl groups is 1. The van der Waals surface area contributed by atoms with Gasteiger partial charge >= 0.3 is 0 Å². The van der Waals surface area contributed by atoms with Gasteiger partial charge in [0.15, 0.2) is 6.10 Å². The molecular formula is C15H22BrNO3. The van der Waals surface area contributed by atoms with Gasteiger partial charge in [-0.15, -0.1) is 0 Å². The molecular weight excluding hydrogens is 322 g/mol. The maximum absolute atomic E-state index is 12.1. The Balaban J connectivity index is 2.59. The zero-order valence-electron chi connectivity index (χ0n) is 12.1. The van der Waals surface area contributed by atoms with Crippen LogP contribution >= 0.6 is 15.9 Å². The summed E-state index contributed by atoms with van der Waals surface area (Å²) in [6.07, 6.45) is -0.417. The van der Waals surface area contributed by atoms with Crippen molar-refractivity contribution in [3.8, 4) is 5.75 Å². The van der Waals surface area contributed by atoms with Crippen LogP contribution in [0.5, 0.6) is 5.75 Å². The number of hydrogen-bond donors (Lipinski definition) is 2. The van der Waals surface area contributed by atoms with Crippen LogP contribution in [-0.2, 0) is 4.79 Å². The van der Waals surface area contributed by atoms with Crippen molar-refractivity contribution in [1.29, 1.82) is 0 Å². The first-order valence-electron chi connectivity index (χ1n) is 6.78. The van der Waals surface area contributed by atoms with Gasteiger partial charge < -0.3 is 15.2 Å². The van der Waals surface area contributed by atoms with Crippen molar-refractivity contribution in [3.63, 3.8) is 0 Å². The van der Waals surface area contributed by atoms with Crippen LogP contribution in [0.1, 0.15) is 27.2 Å². The lowest BCUT2D eigenvalue weighted by atomic mass is 10.1. The maximum atomic E-state index is 12.1. The molecule has 0 aliphatic rings. The number of carbonyl (C=O) groups is 1. The predicted octanol–water partition coefficient (Wildman–Crippen LogP) is 2.74. The molecule has 1 amide bonds. The predicted molar refractivity (Wildman–Crippen MR) is 82.7 cm³/mol. The Labute approximate surface area is 128 Å². The lowest BCUT2D eigenvalue weighted by Gasteiger charge is -2.22. The molecule has 5 heteroatoms. The van der Waals surface area contributed by atoms with Crippen molar-refractivity contribution in [2.45, 2.75) is 39.4 Å². The first-order chi connectivity index (χ1) is 9.40. The number of amides is 1. The average Bonchev–Trinajstić information content (AvgIpc) is 2.37. The van der Waals surface area contributed by atoms with Gasteiger partial charge in [0.2, 0.25) is 0 Å². The molecule has 0 saturated carbocycles. The fraction of sp³-hybridized carbons (Fsp3) is 0.533. The minimum absolute atomic E-state index is 0.0604. The summed E-state index contributed by atoms with van der Waals surface area (Å²) in [6, 6.07) is 7.39. The minimum Gasteiger partial charge on any atom is -0.480 e. The van der Waals surface area contributed by atoms with Gasteiger partial charge in [-0.25, -0.2) is 0 Å². The van der Waals surface area contributed by atoms with Gasteiger partial charge in [-0.3, -0.25) is 4.79 Å². The lowest BCUT2D eigenvalue weighted by Crippen LogP contribution is -2.42.